The van der Waals surface area contributed by atoms with E-state index in [-0.39, 0.29) is 0 Å². The lowest BCUT2D eigenvalue weighted by atomic mass is 10.1. The fourth-order valence-electron chi connectivity index (χ4n) is 1.89. The topological polar surface area (TPSA) is 25.2 Å². The Hall–Kier alpha value is -0.760. The van der Waals surface area contributed by atoms with E-state index in [2.05, 4.69) is 25.2 Å². The maximum absolute atomic E-state index is 5.58. The molecule has 0 aromatic carbocycles. The third-order valence-electron chi connectivity index (χ3n) is 3.03. The highest BCUT2D eigenvalue weighted by Gasteiger charge is 2.29. The van der Waals surface area contributed by atoms with E-state index in [1.807, 2.05) is 13.0 Å². The average Bonchev–Trinajstić information content (AvgIpc) is 2.89. The summed E-state index contributed by atoms with van der Waals surface area (Å²) in [5, 5.41) is 3.58. The molecular formula is C12H19NO. The molecule has 1 aromatic rings. The van der Waals surface area contributed by atoms with Crippen molar-refractivity contribution < 1.29 is 4.42 Å². The Labute approximate surface area is 85.7 Å². The first-order chi connectivity index (χ1) is 6.66. The molecule has 1 heterocycles. The van der Waals surface area contributed by atoms with E-state index < -0.39 is 0 Å². The Morgan fingerprint density at radius 2 is 2.07 bits per heavy atom. The molecule has 0 saturated heterocycles. The van der Waals surface area contributed by atoms with Crippen molar-refractivity contribution in [2.75, 3.05) is 0 Å². The molecule has 78 valence electrons. The van der Waals surface area contributed by atoms with Crippen LogP contribution < -0.4 is 5.32 Å². The second-order valence-electron chi connectivity index (χ2n) is 4.46. The van der Waals surface area contributed by atoms with Crippen LogP contribution in [0.25, 0.3) is 0 Å². The fraction of sp³-hybridized carbons (Fsp3) is 0.667. The summed E-state index contributed by atoms with van der Waals surface area (Å²) in [6, 6.07) is 5.04. The molecular weight excluding hydrogens is 174 g/mol. The van der Waals surface area contributed by atoms with E-state index in [1.54, 1.807) is 0 Å². The zero-order valence-electron chi connectivity index (χ0n) is 9.21. The van der Waals surface area contributed by atoms with Gasteiger partial charge in [-0.05, 0) is 51.7 Å². The minimum absolute atomic E-state index is 0.333. The minimum atomic E-state index is 0.333. The van der Waals surface area contributed by atoms with Gasteiger partial charge >= 0.3 is 0 Å². The molecule has 1 aromatic heterocycles. The number of hydrogen-bond donors (Lipinski definition) is 1. The van der Waals surface area contributed by atoms with Crippen molar-refractivity contribution in [1.82, 2.24) is 5.32 Å². The maximum atomic E-state index is 5.58. The number of hydrogen-bond acceptors (Lipinski definition) is 2. The summed E-state index contributed by atoms with van der Waals surface area (Å²) >= 11 is 0. The van der Waals surface area contributed by atoms with Crippen LogP contribution in [-0.2, 0) is 0 Å². The van der Waals surface area contributed by atoms with Crippen LogP contribution in [0, 0.1) is 12.8 Å². The zero-order chi connectivity index (χ0) is 10.1. The average molecular weight is 193 g/mol. The summed E-state index contributed by atoms with van der Waals surface area (Å²) in [5.41, 5.74) is 0. The molecule has 0 aliphatic heterocycles. The summed E-state index contributed by atoms with van der Waals surface area (Å²) in [4.78, 5) is 0. The molecule has 1 aliphatic carbocycles. The van der Waals surface area contributed by atoms with E-state index >= 15 is 0 Å². The molecule has 0 radical (unpaired) electrons. The van der Waals surface area contributed by atoms with Crippen LogP contribution in [0.15, 0.2) is 16.5 Å². The van der Waals surface area contributed by atoms with Crippen molar-refractivity contribution in [2.24, 2.45) is 5.92 Å². The first kappa shape index (κ1) is 9.78. The van der Waals surface area contributed by atoms with E-state index in [0.29, 0.717) is 12.1 Å². The molecule has 2 nitrogen and oxygen atoms in total. The first-order valence-corrected chi connectivity index (χ1v) is 5.49. The lowest BCUT2D eigenvalue weighted by Crippen LogP contribution is -2.30. The van der Waals surface area contributed by atoms with Crippen LogP contribution >= 0.6 is 0 Å². The van der Waals surface area contributed by atoms with E-state index in [1.165, 1.54) is 12.8 Å². The van der Waals surface area contributed by atoms with Crippen LogP contribution in [-0.4, -0.2) is 6.04 Å². The lowest BCUT2D eigenvalue weighted by molar-refractivity contribution is 0.373. The highest BCUT2D eigenvalue weighted by molar-refractivity contribution is 5.09. The van der Waals surface area contributed by atoms with Crippen LogP contribution in [0.4, 0.5) is 0 Å². The summed E-state index contributed by atoms with van der Waals surface area (Å²) in [6.45, 7) is 6.42. The Morgan fingerprint density at radius 1 is 1.36 bits per heavy atom. The second kappa shape index (κ2) is 3.77. The smallest absolute Gasteiger partial charge is 0.120 e. The van der Waals surface area contributed by atoms with Gasteiger partial charge in [-0.3, -0.25) is 0 Å². The monoisotopic (exact) mass is 193 g/mol. The van der Waals surface area contributed by atoms with E-state index in [0.717, 1.165) is 17.4 Å². The van der Waals surface area contributed by atoms with Crippen LogP contribution in [0.5, 0.6) is 0 Å². The summed E-state index contributed by atoms with van der Waals surface area (Å²) in [6.07, 6.45) is 2.77. The van der Waals surface area contributed by atoms with Crippen molar-refractivity contribution in [3.05, 3.63) is 23.7 Å². The van der Waals surface area contributed by atoms with Crippen molar-refractivity contribution in [3.63, 3.8) is 0 Å². The number of nitrogens with one attached hydrogen (secondary N) is 1. The second-order valence-corrected chi connectivity index (χ2v) is 4.46. The quantitative estimate of drug-likeness (QED) is 0.795. The van der Waals surface area contributed by atoms with Crippen molar-refractivity contribution in [1.29, 1.82) is 0 Å². The van der Waals surface area contributed by atoms with Gasteiger partial charge in [0.1, 0.15) is 11.5 Å². The predicted molar refractivity (Wildman–Crippen MR) is 57.2 cm³/mol. The summed E-state index contributed by atoms with van der Waals surface area (Å²) < 4.78 is 5.58. The van der Waals surface area contributed by atoms with Crippen LogP contribution in [0.3, 0.4) is 0 Å². The SMILES string of the molecule is Cc1ccc(C(C)NC(C)C2CC2)o1. The van der Waals surface area contributed by atoms with Crippen molar-refractivity contribution in [3.8, 4) is 0 Å². The van der Waals surface area contributed by atoms with Gasteiger partial charge < -0.3 is 9.73 Å². The molecule has 0 bridgehead atoms. The molecule has 2 heteroatoms. The van der Waals surface area contributed by atoms with Gasteiger partial charge in [0.2, 0.25) is 0 Å². The van der Waals surface area contributed by atoms with Gasteiger partial charge in [-0.15, -0.1) is 0 Å². The van der Waals surface area contributed by atoms with Crippen LogP contribution in [0.2, 0.25) is 0 Å². The molecule has 2 rings (SSSR count). The molecule has 1 fully saturated rings. The Balaban J connectivity index is 1.91. The molecule has 0 amide bonds. The standard InChI is InChI=1S/C12H19NO/c1-8-4-7-12(14-8)10(3)13-9(2)11-5-6-11/h4,7,9-11,13H,5-6H2,1-3H3. The third kappa shape index (κ3) is 2.18. The Morgan fingerprint density at radius 3 is 2.57 bits per heavy atom. The predicted octanol–water partition coefficient (Wildman–Crippen LogP) is 3.04. The maximum Gasteiger partial charge on any atom is 0.120 e. The normalized spacial score (nSPS) is 20.8. The van der Waals surface area contributed by atoms with Gasteiger partial charge in [-0.25, -0.2) is 0 Å². The van der Waals surface area contributed by atoms with Gasteiger partial charge in [0.25, 0.3) is 0 Å². The summed E-state index contributed by atoms with van der Waals surface area (Å²) in [7, 11) is 0. The number of aryl methyl sites for hydroxylation is 1. The summed E-state index contributed by atoms with van der Waals surface area (Å²) in [5.74, 6) is 2.94. The highest BCUT2D eigenvalue weighted by atomic mass is 16.3. The lowest BCUT2D eigenvalue weighted by Gasteiger charge is -2.17. The number of rotatable bonds is 4. The van der Waals surface area contributed by atoms with E-state index in [9.17, 15) is 0 Å². The van der Waals surface area contributed by atoms with Crippen molar-refractivity contribution in [2.45, 2.75) is 45.7 Å². The minimum Gasteiger partial charge on any atom is -0.465 e. The fourth-order valence-corrected chi connectivity index (χ4v) is 1.89. The van der Waals surface area contributed by atoms with Gasteiger partial charge in [0, 0.05) is 6.04 Å². The van der Waals surface area contributed by atoms with Crippen LogP contribution in [0.1, 0.15) is 44.3 Å². The third-order valence-corrected chi connectivity index (χ3v) is 3.03. The first-order valence-electron chi connectivity index (χ1n) is 5.49. The molecule has 2 atom stereocenters. The van der Waals surface area contributed by atoms with Crippen molar-refractivity contribution >= 4 is 0 Å². The molecule has 1 aliphatic rings. The zero-order valence-corrected chi connectivity index (χ0v) is 9.21. The highest BCUT2D eigenvalue weighted by Crippen LogP contribution is 2.33. The Bertz CT molecular complexity index is 301. The molecule has 2 unspecified atom stereocenters. The Kier molecular flexibility index (Phi) is 2.64. The van der Waals surface area contributed by atoms with Gasteiger partial charge in [-0.2, -0.15) is 0 Å². The molecule has 1 saturated carbocycles. The molecule has 14 heavy (non-hydrogen) atoms. The molecule has 1 N–H and O–H groups in total. The van der Waals surface area contributed by atoms with Gasteiger partial charge in [0.05, 0.1) is 6.04 Å². The van der Waals surface area contributed by atoms with Gasteiger partial charge in [0.15, 0.2) is 0 Å². The molecule has 0 spiro atoms. The van der Waals surface area contributed by atoms with Gasteiger partial charge in [-0.1, -0.05) is 0 Å². The van der Waals surface area contributed by atoms with E-state index in [4.69, 9.17) is 4.42 Å². The largest absolute Gasteiger partial charge is 0.465 e. The number of furan rings is 1.